The first kappa shape index (κ1) is 13.1. The minimum absolute atomic E-state index is 0.131. The molecule has 4 nitrogen and oxygen atoms in total. The summed E-state index contributed by atoms with van der Waals surface area (Å²) < 4.78 is 22.8. The van der Waals surface area contributed by atoms with Crippen molar-refractivity contribution in [2.45, 2.75) is 42.0 Å². The second-order valence-electron chi connectivity index (χ2n) is 5.41. The molecule has 0 spiro atoms. The van der Waals surface area contributed by atoms with E-state index in [1.165, 1.54) is 0 Å². The first-order valence-corrected chi connectivity index (χ1v) is 8.30. The van der Waals surface area contributed by atoms with Crippen LogP contribution >= 0.6 is 0 Å². The molecule has 4 atom stereocenters. The number of hydrogen-bond donors (Lipinski definition) is 1. The highest BCUT2D eigenvalue weighted by atomic mass is 32.2. The summed E-state index contributed by atoms with van der Waals surface area (Å²) in [6.07, 6.45) is 2.39. The number of benzene rings is 1. The second-order valence-corrected chi connectivity index (χ2v) is 7.82. The fraction of sp³-hybridized carbons (Fsp3) is 0.571. The number of fused-ring (bicyclic) bond motifs is 2. The summed E-state index contributed by atoms with van der Waals surface area (Å²) in [5.41, 5.74) is -0.991. The molecule has 3 rings (SSSR count). The van der Waals surface area contributed by atoms with Crippen molar-refractivity contribution < 1.29 is 14.1 Å². The zero-order chi connectivity index (χ0) is 13.5. The van der Waals surface area contributed by atoms with Gasteiger partial charge in [0, 0.05) is 18.4 Å². The molecule has 2 heterocycles. The highest BCUT2D eigenvalue weighted by molar-refractivity contribution is 7.93. The molecule has 0 radical (unpaired) electrons. The van der Waals surface area contributed by atoms with E-state index < -0.39 is 15.3 Å². The van der Waals surface area contributed by atoms with Gasteiger partial charge in [0.1, 0.15) is 5.60 Å². The highest BCUT2D eigenvalue weighted by Crippen LogP contribution is 2.43. The lowest BCUT2D eigenvalue weighted by Crippen LogP contribution is -2.45. The van der Waals surface area contributed by atoms with Crippen LogP contribution in [0.4, 0.5) is 0 Å². The van der Waals surface area contributed by atoms with Crippen LogP contribution in [0.3, 0.4) is 0 Å². The van der Waals surface area contributed by atoms with E-state index in [1.807, 2.05) is 30.3 Å². The highest BCUT2D eigenvalue weighted by Gasteiger charge is 2.52. The zero-order valence-electron chi connectivity index (χ0n) is 11.0. The molecule has 1 aromatic rings. The largest absolute Gasteiger partial charge is 0.386 e. The molecule has 0 amide bonds. The summed E-state index contributed by atoms with van der Waals surface area (Å²) in [6, 6.07) is 9.21. The molecule has 2 aliphatic rings. The summed E-state index contributed by atoms with van der Waals surface area (Å²) in [5, 5.41) is 10.7. The lowest BCUT2D eigenvalue weighted by Gasteiger charge is -2.30. The Morgan fingerprint density at radius 1 is 1.42 bits per heavy atom. The third-order valence-corrected chi connectivity index (χ3v) is 6.63. The van der Waals surface area contributed by atoms with Crippen molar-refractivity contribution in [1.82, 2.24) is 0 Å². The Kier molecular flexibility index (Phi) is 3.15. The van der Waals surface area contributed by atoms with Crippen LogP contribution in [0, 0.1) is 0 Å². The van der Waals surface area contributed by atoms with Crippen LogP contribution in [-0.2, 0) is 14.5 Å². The monoisotopic (exact) mass is 281 g/mol. The molecule has 2 aliphatic heterocycles. The average Bonchev–Trinajstić information content (AvgIpc) is 2.99. The van der Waals surface area contributed by atoms with Gasteiger partial charge in [-0.05, 0) is 25.0 Å². The fourth-order valence-corrected chi connectivity index (χ4v) is 5.22. The van der Waals surface area contributed by atoms with Gasteiger partial charge in [-0.1, -0.05) is 18.2 Å². The van der Waals surface area contributed by atoms with Crippen LogP contribution in [0.15, 0.2) is 39.6 Å². The lowest BCUT2D eigenvalue weighted by molar-refractivity contribution is -0.0118. The zero-order valence-corrected chi connectivity index (χ0v) is 11.8. The third kappa shape index (κ3) is 2.20. The Balaban J connectivity index is 1.91. The topological polar surface area (TPSA) is 58.9 Å². The van der Waals surface area contributed by atoms with Crippen molar-refractivity contribution in [2.24, 2.45) is 4.36 Å². The molecule has 104 valence electrons. The molecule has 2 saturated heterocycles. The molecular formula is C14H19NO3S. The molecule has 0 saturated carbocycles. The Hall–Kier alpha value is -0.910. The quantitative estimate of drug-likeness (QED) is 0.919. The van der Waals surface area contributed by atoms with Gasteiger partial charge in [0.25, 0.3) is 0 Å². The molecule has 1 unspecified atom stereocenters. The maximum Gasteiger partial charge on any atom is 0.106 e. The molecule has 0 aliphatic carbocycles. The van der Waals surface area contributed by atoms with E-state index >= 15 is 0 Å². The van der Waals surface area contributed by atoms with Crippen LogP contribution in [0.25, 0.3) is 0 Å². The van der Waals surface area contributed by atoms with Gasteiger partial charge in [-0.15, -0.1) is 0 Å². The van der Waals surface area contributed by atoms with Crippen LogP contribution in [0.5, 0.6) is 0 Å². The first-order valence-electron chi connectivity index (χ1n) is 6.62. The average molecular weight is 281 g/mol. The van der Waals surface area contributed by atoms with E-state index in [0.717, 1.165) is 12.8 Å². The summed E-state index contributed by atoms with van der Waals surface area (Å²) in [7, 11) is -1.01. The SMILES string of the molecule is CN=S(=O)(C[C@@]1(O)C[C@@H]2CC[C@H]1O2)c1ccccc1. The summed E-state index contributed by atoms with van der Waals surface area (Å²) in [5.74, 6) is 0.168. The molecule has 1 aromatic carbocycles. The third-order valence-electron chi connectivity index (χ3n) is 4.14. The van der Waals surface area contributed by atoms with E-state index in [0.29, 0.717) is 11.3 Å². The maximum absolute atomic E-state index is 13.0. The van der Waals surface area contributed by atoms with E-state index in [2.05, 4.69) is 4.36 Å². The van der Waals surface area contributed by atoms with Gasteiger partial charge in [0.05, 0.1) is 27.7 Å². The van der Waals surface area contributed by atoms with Crippen molar-refractivity contribution in [1.29, 1.82) is 0 Å². The molecule has 2 fully saturated rings. The van der Waals surface area contributed by atoms with Crippen molar-refractivity contribution in [3.8, 4) is 0 Å². The fourth-order valence-electron chi connectivity index (χ4n) is 3.15. The van der Waals surface area contributed by atoms with Crippen molar-refractivity contribution in [3.05, 3.63) is 30.3 Å². The van der Waals surface area contributed by atoms with Crippen LogP contribution < -0.4 is 0 Å². The summed E-state index contributed by atoms with van der Waals surface area (Å²) in [6.45, 7) is 0. The van der Waals surface area contributed by atoms with E-state index in [9.17, 15) is 9.32 Å². The summed E-state index contributed by atoms with van der Waals surface area (Å²) in [4.78, 5) is 0.689. The second kappa shape index (κ2) is 4.58. The molecule has 5 heteroatoms. The van der Waals surface area contributed by atoms with Crippen LogP contribution in [0.1, 0.15) is 19.3 Å². The van der Waals surface area contributed by atoms with E-state index in [-0.39, 0.29) is 18.0 Å². The number of ether oxygens (including phenoxy) is 1. The van der Waals surface area contributed by atoms with E-state index in [1.54, 1.807) is 7.05 Å². The summed E-state index contributed by atoms with van der Waals surface area (Å²) >= 11 is 0. The van der Waals surface area contributed by atoms with Gasteiger partial charge in [-0.2, -0.15) is 0 Å². The van der Waals surface area contributed by atoms with Gasteiger partial charge >= 0.3 is 0 Å². The number of nitrogens with zero attached hydrogens (tertiary/aromatic N) is 1. The van der Waals surface area contributed by atoms with Gasteiger partial charge in [0.15, 0.2) is 0 Å². The maximum atomic E-state index is 13.0. The predicted octanol–water partition coefficient (Wildman–Crippen LogP) is 1.83. The predicted molar refractivity (Wildman–Crippen MR) is 73.5 cm³/mol. The Morgan fingerprint density at radius 2 is 2.16 bits per heavy atom. The van der Waals surface area contributed by atoms with Crippen LogP contribution in [0.2, 0.25) is 0 Å². The lowest BCUT2D eigenvalue weighted by atomic mass is 9.86. The Bertz CT molecular complexity index is 580. The van der Waals surface area contributed by atoms with Crippen molar-refractivity contribution in [2.75, 3.05) is 12.8 Å². The van der Waals surface area contributed by atoms with Gasteiger partial charge in [-0.3, -0.25) is 0 Å². The smallest absolute Gasteiger partial charge is 0.106 e. The van der Waals surface area contributed by atoms with Crippen LogP contribution in [-0.4, -0.2) is 39.9 Å². The number of hydrogen-bond acceptors (Lipinski definition) is 4. The Morgan fingerprint density at radius 3 is 2.68 bits per heavy atom. The normalized spacial score (nSPS) is 36.1. The van der Waals surface area contributed by atoms with Crippen molar-refractivity contribution in [3.63, 3.8) is 0 Å². The van der Waals surface area contributed by atoms with E-state index in [4.69, 9.17) is 4.74 Å². The number of aliphatic hydroxyl groups is 1. The minimum atomic E-state index is -2.57. The van der Waals surface area contributed by atoms with Crippen molar-refractivity contribution >= 4 is 9.73 Å². The first-order chi connectivity index (χ1) is 9.06. The molecular weight excluding hydrogens is 262 g/mol. The molecule has 0 aromatic heterocycles. The number of rotatable bonds is 3. The Labute approximate surface area is 114 Å². The van der Waals surface area contributed by atoms with Gasteiger partial charge in [0.2, 0.25) is 0 Å². The molecule has 2 bridgehead atoms. The standard InChI is InChI=1S/C14H19NO3S/c1-15-19(17,12-5-3-2-4-6-12)10-14(16)9-11-7-8-13(14)18-11/h2-6,11,13,16H,7-10H2,1H3/t11-,13+,14-,19?/m0/s1. The molecule has 19 heavy (non-hydrogen) atoms. The van der Waals surface area contributed by atoms with Gasteiger partial charge in [-0.25, -0.2) is 8.57 Å². The van der Waals surface area contributed by atoms with Gasteiger partial charge < -0.3 is 9.84 Å². The minimum Gasteiger partial charge on any atom is -0.386 e. The molecule has 1 N–H and O–H groups in total.